The molecule has 0 amide bonds. The van der Waals surface area contributed by atoms with Crippen LogP contribution in [0.25, 0.3) is 0 Å². The van der Waals surface area contributed by atoms with Crippen LogP contribution in [0, 0.1) is 34.5 Å². The molecule has 0 heterocycles. The number of aliphatic hydroxyl groups is 2. The first-order chi connectivity index (χ1) is 13.6. The van der Waals surface area contributed by atoms with Crippen LogP contribution in [0.3, 0.4) is 0 Å². The maximum atomic E-state index is 12.4. The van der Waals surface area contributed by atoms with Crippen molar-refractivity contribution in [1.29, 1.82) is 0 Å². The summed E-state index contributed by atoms with van der Waals surface area (Å²) >= 11 is 0. The Labute approximate surface area is 201 Å². The van der Waals surface area contributed by atoms with Gasteiger partial charge < -0.3 is 16.4 Å². The van der Waals surface area contributed by atoms with Gasteiger partial charge in [0.15, 0.2) is 11.6 Å². The zero-order valence-corrected chi connectivity index (χ0v) is 20.5. The van der Waals surface area contributed by atoms with Crippen molar-refractivity contribution in [3.8, 4) is 0 Å². The SMILES string of the molecule is CC(=O)OC1CC(=O)C=C2CC[C@@H]3[C@H]([C@@H](O)C[C@]4(C)[C@@H](C(=O)CO)CC[C@@H]34)[C@]21C.[H-].[Na+]. The van der Waals surface area contributed by atoms with Crippen LogP contribution < -0.4 is 29.6 Å². The van der Waals surface area contributed by atoms with Crippen LogP contribution in [0.5, 0.6) is 0 Å². The summed E-state index contributed by atoms with van der Waals surface area (Å²) in [6.07, 6.45) is 4.44. The van der Waals surface area contributed by atoms with Gasteiger partial charge in [-0.25, -0.2) is 0 Å². The Kier molecular flexibility index (Phi) is 6.78. The smallest absolute Gasteiger partial charge is 1.00 e. The van der Waals surface area contributed by atoms with Gasteiger partial charge in [0.1, 0.15) is 12.7 Å². The fourth-order valence-electron chi connectivity index (χ4n) is 7.71. The quantitative estimate of drug-likeness (QED) is 0.457. The number of hydrogen-bond donors (Lipinski definition) is 2. The number of aliphatic hydroxyl groups excluding tert-OH is 2. The van der Waals surface area contributed by atoms with Gasteiger partial charge in [0.25, 0.3) is 0 Å². The molecule has 0 aromatic heterocycles. The monoisotopic (exact) mass is 428 g/mol. The molecule has 3 saturated carbocycles. The van der Waals surface area contributed by atoms with Crippen molar-refractivity contribution >= 4 is 17.5 Å². The van der Waals surface area contributed by atoms with E-state index in [1.54, 1.807) is 6.08 Å². The normalized spacial score (nSPS) is 44.7. The van der Waals surface area contributed by atoms with E-state index in [0.717, 1.165) is 31.3 Å². The minimum atomic E-state index is -0.645. The number of ether oxygens (including phenoxy) is 1. The Hall–Kier alpha value is -0.530. The average Bonchev–Trinajstić information content (AvgIpc) is 2.98. The third-order valence-electron chi connectivity index (χ3n) is 8.83. The molecule has 4 rings (SSSR count). The van der Waals surface area contributed by atoms with Crippen molar-refractivity contribution in [2.24, 2.45) is 34.5 Å². The van der Waals surface area contributed by atoms with Gasteiger partial charge in [0.2, 0.25) is 0 Å². The van der Waals surface area contributed by atoms with E-state index in [1.807, 2.05) is 6.92 Å². The van der Waals surface area contributed by atoms with Gasteiger partial charge in [-0.15, -0.1) is 0 Å². The largest absolute Gasteiger partial charge is 1.00 e. The van der Waals surface area contributed by atoms with Crippen molar-refractivity contribution in [1.82, 2.24) is 0 Å². The summed E-state index contributed by atoms with van der Waals surface area (Å²) in [4.78, 5) is 36.5. The number of carbonyl (C=O) groups is 3. The topological polar surface area (TPSA) is 101 Å². The van der Waals surface area contributed by atoms with E-state index in [9.17, 15) is 24.6 Å². The molecule has 3 fully saturated rings. The molecule has 6 nitrogen and oxygen atoms in total. The van der Waals surface area contributed by atoms with Crippen molar-refractivity contribution in [2.75, 3.05) is 6.61 Å². The summed E-state index contributed by atoms with van der Waals surface area (Å²) in [6, 6.07) is 0. The maximum absolute atomic E-state index is 12.4. The van der Waals surface area contributed by atoms with Crippen molar-refractivity contribution in [3.05, 3.63) is 11.6 Å². The second-order valence-corrected chi connectivity index (χ2v) is 10.1. The van der Waals surface area contributed by atoms with Crippen molar-refractivity contribution in [2.45, 2.75) is 71.5 Å². The molecule has 0 radical (unpaired) electrons. The molecule has 0 saturated heterocycles. The zero-order valence-electron chi connectivity index (χ0n) is 19.5. The minimum absolute atomic E-state index is 0. The van der Waals surface area contributed by atoms with Crippen LogP contribution in [0.4, 0.5) is 0 Å². The summed E-state index contributed by atoms with van der Waals surface area (Å²) in [6.45, 7) is 5.07. The van der Waals surface area contributed by atoms with Gasteiger partial charge in [-0.1, -0.05) is 19.4 Å². The van der Waals surface area contributed by atoms with E-state index >= 15 is 0 Å². The van der Waals surface area contributed by atoms with E-state index in [2.05, 4.69) is 6.92 Å². The number of fused-ring (bicyclic) bond motifs is 5. The Bertz CT molecular complexity index is 784. The number of Topliss-reactive ketones (excluding diaryl/α,β-unsaturated/α-hetero) is 1. The molecule has 4 aliphatic carbocycles. The molecule has 2 N–H and O–H groups in total. The van der Waals surface area contributed by atoms with Crippen LogP contribution >= 0.6 is 0 Å². The predicted molar refractivity (Wildman–Crippen MR) is 106 cm³/mol. The molecule has 0 bridgehead atoms. The first-order valence-corrected chi connectivity index (χ1v) is 10.9. The summed E-state index contributed by atoms with van der Waals surface area (Å²) < 4.78 is 5.65. The fourth-order valence-corrected chi connectivity index (χ4v) is 7.71. The van der Waals surface area contributed by atoms with Crippen LogP contribution in [-0.2, 0) is 19.1 Å². The molecule has 0 aliphatic heterocycles. The van der Waals surface area contributed by atoms with E-state index in [-0.39, 0.29) is 78.1 Å². The van der Waals surface area contributed by atoms with E-state index < -0.39 is 30.2 Å². The Morgan fingerprint density at radius 3 is 2.60 bits per heavy atom. The van der Waals surface area contributed by atoms with Crippen LogP contribution in [0.1, 0.15) is 60.7 Å². The van der Waals surface area contributed by atoms with E-state index in [0.29, 0.717) is 6.42 Å². The second kappa shape index (κ2) is 8.43. The third kappa shape index (κ3) is 3.47. The standard InChI is InChI=1S/C23H32O6.Na.H/c1-12(25)29-20-9-14(26)8-13-4-5-15-16-6-7-17(19(28)11-24)22(16,2)10-18(27)21(15)23(13,20)3;;/h8,15-18,20-21,24,27H,4-7,9-11H2,1-3H3;;/q;+1;-1/t15-,16-,17+,18-,20?,21+,22-,23+;;/m0../s1. The van der Waals surface area contributed by atoms with Crippen LogP contribution in [-0.4, -0.2) is 46.6 Å². The predicted octanol–water partition coefficient (Wildman–Crippen LogP) is -0.675. The molecule has 7 heteroatoms. The molecule has 1 unspecified atom stereocenters. The fraction of sp³-hybridized carbons (Fsp3) is 0.783. The number of rotatable bonds is 3. The average molecular weight is 429 g/mol. The summed E-state index contributed by atoms with van der Waals surface area (Å²) in [7, 11) is 0. The molecule has 4 aliphatic rings. The number of carbonyl (C=O) groups excluding carboxylic acids is 3. The molecule has 0 aromatic carbocycles. The molecular formula is C23H33NaO6. The van der Waals surface area contributed by atoms with Gasteiger partial charge in [0, 0.05) is 30.6 Å². The second-order valence-electron chi connectivity index (χ2n) is 10.1. The van der Waals surface area contributed by atoms with Gasteiger partial charge in [-0.3, -0.25) is 14.4 Å². The molecule has 0 spiro atoms. The van der Waals surface area contributed by atoms with Crippen molar-refractivity contribution < 1.29 is 60.3 Å². The maximum Gasteiger partial charge on any atom is 1.00 e. The van der Waals surface area contributed by atoms with Gasteiger partial charge in [0.05, 0.1) is 6.10 Å². The summed E-state index contributed by atoms with van der Waals surface area (Å²) in [5.41, 5.74) is 0.103. The Morgan fingerprint density at radius 2 is 1.97 bits per heavy atom. The number of hydrogen-bond acceptors (Lipinski definition) is 6. The Morgan fingerprint density at radius 1 is 1.27 bits per heavy atom. The first-order valence-electron chi connectivity index (χ1n) is 10.9. The van der Waals surface area contributed by atoms with Crippen LogP contribution in [0.2, 0.25) is 0 Å². The molecule has 0 aromatic rings. The zero-order chi connectivity index (χ0) is 21.1. The number of ketones is 2. The van der Waals surface area contributed by atoms with Gasteiger partial charge in [-0.05, 0) is 55.4 Å². The van der Waals surface area contributed by atoms with Crippen molar-refractivity contribution in [3.63, 3.8) is 0 Å². The molecule has 30 heavy (non-hydrogen) atoms. The summed E-state index contributed by atoms with van der Waals surface area (Å²) in [5.74, 6) is -0.386. The van der Waals surface area contributed by atoms with Gasteiger partial charge in [-0.2, -0.15) is 0 Å². The minimum Gasteiger partial charge on any atom is -1.00 e. The van der Waals surface area contributed by atoms with Gasteiger partial charge >= 0.3 is 35.5 Å². The first kappa shape index (κ1) is 24.1. The summed E-state index contributed by atoms with van der Waals surface area (Å²) in [5, 5.41) is 20.8. The Balaban J connectivity index is 0.00000171. The molecule has 162 valence electrons. The van der Waals surface area contributed by atoms with E-state index in [1.165, 1.54) is 6.92 Å². The van der Waals surface area contributed by atoms with Crippen LogP contribution in [0.15, 0.2) is 11.6 Å². The molecular weight excluding hydrogens is 395 g/mol. The van der Waals surface area contributed by atoms with E-state index in [4.69, 9.17) is 4.74 Å². The molecule has 8 atom stereocenters. The number of esters is 1. The third-order valence-corrected chi connectivity index (χ3v) is 8.83.